The van der Waals surface area contributed by atoms with Crippen molar-refractivity contribution in [3.8, 4) is 12.3 Å². The van der Waals surface area contributed by atoms with Gasteiger partial charge < -0.3 is 8.85 Å². The maximum absolute atomic E-state index is 6.55. The molecule has 6 heteroatoms. The molecule has 0 radical (unpaired) electrons. The summed E-state index contributed by atoms with van der Waals surface area (Å²) in [5, 5.41) is 0.175. The summed E-state index contributed by atoms with van der Waals surface area (Å²) in [5.41, 5.74) is 0. The van der Waals surface area contributed by atoms with Crippen LogP contribution >= 0.6 is 34.2 Å². The minimum Gasteiger partial charge on any atom is -0.407 e. The quantitative estimate of drug-likeness (QED) is 0.224. The van der Waals surface area contributed by atoms with Crippen LogP contribution in [0.5, 0.6) is 0 Å². The molecule has 140 valence electrons. The zero-order chi connectivity index (χ0) is 19.6. The Balaban J connectivity index is 5.67. The largest absolute Gasteiger partial charge is 0.407 e. The van der Waals surface area contributed by atoms with Gasteiger partial charge in [0.25, 0.3) is 0 Å². The highest BCUT2D eigenvalue weighted by Crippen LogP contribution is 2.40. The average molecular weight is 501 g/mol. The molecule has 0 fully saturated rings. The normalized spacial score (nSPS) is 17.4. The Bertz CT molecular complexity index is 493. The third kappa shape index (κ3) is 7.12. The van der Waals surface area contributed by atoms with Crippen molar-refractivity contribution in [2.24, 2.45) is 0 Å². The Hall–Kier alpha value is 0.674. The van der Waals surface area contributed by atoms with Crippen LogP contribution in [0.3, 0.4) is 0 Å². The first-order valence-corrected chi connectivity index (χ1v) is 15.6. The van der Waals surface area contributed by atoms with Gasteiger partial charge in [0.1, 0.15) is 12.2 Å². The highest BCUT2D eigenvalue weighted by atomic mass is 127. The van der Waals surface area contributed by atoms with E-state index in [0.29, 0.717) is 3.04 Å². The van der Waals surface area contributed by atoms with Crippen LogP contribution in [0.15, 0.2) is 9.12 Å². The number of hydrogen-bond donors (Lipinski definition) is 0. The Morgan fingerprint density at radius 1 is 1.00 bits per heavy atom. The van der Waals surface area contributed by atoms with Crippen molar-refractivity contribution in [1.29, 1.82) is 0 Å². The fraction of sp³-hybridized carbons (Fsp3) is 0.778. The first-order chi connectivity index (χ1) is 10.4. The van der Waals surface area contributed by atoms with Crippen molar-refractivity contribution >= 4 is 50.8 Å². The maximum Gasteiger partial charge on any atom is 0.193 e. The van der Waals surface area contributed by atoms with Gasteiger partial charge in [-0.15, -0.1) is 6.42 Å². The topological polar surface area (TPSA) is 18.5 Å². The average Bonchev–Trinajstić information content (AvgIpc) is 2.31. The smallest absolute Gasteiger partial charge is 0.193 e. The third-order valence-electron chi connectivity index (χ3n) is 5.22. The molecule has 0 amide bonds. The summed E-state index contributed by atoms with van der Waals surface area (Å²) in [5.74, 6) is 2.81. The van der Waals surface area contributed by atoms with Gasteiger partial charge in [0.2, 0.25) is 0 Å². The summed E-state index contributed by atoms with van der Waals surface area (Å²) in [6, 6.07) is 0. The second-order valence-electron chi connectivity index (χ2n) is 9.26. The number of halogens is 2. The van der Waals surface area contributed by atoms with Gasteiger partial charge in [-0.1, -0.05) is 59.1 Å². The van der Waals surface area contributed by atoms with E-state index in [1.807, 2.05) is 6.08 Å². The van der Waals surface area contributed by atoms with E-state index in [9.17, 15) is 0 Å². The molecule has 0 heterocycles. The predicted molar refractivity (Wildman–Crippen MR) is 121 cm³/mol. The van der Waals surface area contributed by atoms with Crippen LogP contribution in [0.4, 0.5) is 0 Å². The lowest BCUT2D eigenvalue weighted by Crippen LogP contribution is -2.51. The first kappa shape index (κ1) is 24.7. The molecule has 0 aliphatic carbocycles. The Morgan fingerprint density at radius 2 is 1.38 bits per heavy atom. The molecule has 0 rings (SSSR count). The van der Waals surface area contributed by atoms with Crippen LogP contribution in [0, 0.1) is 12.3 Å². The molecule has 0 spiro atoms. The Labute approximate surface area is 170 Å². The van der Waals surface area contributed by atoms with Crippen molar-refractivity contribution in [2.45, 2.75) is 90.0 Å². The molecule has 0 saturated carbocycles. The zero-order valence-corrected chi connectivity index (χ0v) is 21.8. The molecule has 0 aromatic carbocycles. The van der Waals surface area contributed by atoms with Gasteiger partial charge >= 0.3 is 0 Å². The summed E-state index contributed by atoms with van der Waals surface area (Å²) in [4.78, 5) is 0. The lowest BCUT2D eigenvalue weighted by molar-refractivity contribution is 0.0998. The van der Waals surface area contributed by atoms with Gasteiger partial charge in [0.05, 0.1) is 3.04 Å². The van der Waals surface area contributed by atoms with E-state index in [-0.39, 0.29) is 16.2 Å². The SMILES string of the molecule is C#C[C@@H](O[Si](C)(C)C(C)(C)C)[C@@H](/C=C(/Cl)I)O[Si](C)(C)C(C)(C)C. The van der Waals surface area contributed by atoms with E-state index < -0.39 is 22.7 Å². The van der Waals surface area contributed by atoms with E-state index in [1.165, 1.54) is 0 Å². The monoisotopic (exact) mass is 500 g/mol. The summed E-state index contributed by atoms with van der Waals surface area (Å²) < 4.78 is 13.7. The van der Waals surface area contributed by atoms with Crippen LogP contribution in [0.2, 0.25) is 36.3 Å². The van der Waals surface area contributed by atoms with Crippen molar-refractivity contribution < 1.29 is 8.85 Å². The molecule has 0 bridgehead atoms. The first-order valence-electron chi connectivity index (χ1n) is 8.29. The fourth-order valence-electron chi connectivity index (χ4n) is 1.51. The van der Waals surface area contributed by atoms with Crippen molar-refractivity contribution in [1.82, 2.24) is 0 Å². The second kappa shape index (κ2) is 8.58. The number of rotatable bonds is 6. The minimum absolute atomic E-state index is 0.0848. The highest BCUT2D eigenvalue weighted by molar-refractivity contribution is 14.1. The van der Waals surface area contributed by atoms with Gasteiger partial charge in [-0.05, 0) is 64.9 Å². The lowest BCUT2D eigenvalue weighted by Gasteiger charge is -2.43. The molecule has 0 N–H and O–H groups in total. The highest BCUT2D eigenvalue weighted by Gasteiger charge is 2.44. The number of hydrogen-bond acceptors (Lipinski definition) is 2. The molecule has 24 heavy (non-hydrogen) atoms. The summed E-state index contributed by atoms with van der Waals surface area (Å²) >= 11 is 8.23. The van der Waals surface area contributed by atoms with Crippen LogP contribution in [0.25, 0.3) is 0 Å². The van der Waals surface area contributed by atoms with Gasteiger partial charge in [-0.25, -0.2) is 0 Å². The summed E-state index contributed by atoms with van der Waals surface area (Å²) in [6.45, 7) is 22.1. The summed E-state index contributed by atoms with van der Waals surface area (Å²) in [6.07, 6.45) is 6.97. The Morgan fingerprint density at radius 3 is 1.67 bits per heavy atom. The molecule has 0 aromatic rings. The van der Waals surface area contributed by atoms with Crippen LogP contribution in [0.1, 0.15) is 41.5 Å². The van der Waals surface area contributed by atoms with E-state index in [0.717, 1.165) is 0 Å². The van der Waals surface area contributed by atoms with Gasteiger partial charge in [0.15, 0.2) is 16.6 Å². The van der Waals surface area contributed by atoms with E-state index in [1.54, 1.807) is 0 Å². The van der Waals surface area contributed by atoms with E-state index >= 15 is 0 Å². The van der Waals surface area contributed by atoms with Crippen LogP contribution in [-0.2, 0) is 8.85 Å². The van der Waals surface area contributed by atoms with Gasteiger partial charge in [0, 0.05) is 0 Å². The molecule has 0 aromatic heterocycles. The summed E-state index contributed by atoms with van der Waals surface area (Å²) in [7, 11) is -4.01. The molecule has 0 unspecified atom stereocenters. The van der Waals surface area contributed by atoms with Crippen LogP contribution in [-0.4, -0.2) is 28.8 Å². The van der Waals surface area contributed by atoms with Crippen LogP contribution < -0.4 is 0 Å². The van der Waals surface area contributed by atoms with E-state index in [4.69, 9.17) is 26.9 Å². The number of terminal acetylenes is 1. The van der Waals surface area contributed by atoms with Crippen molar-refractivity contribution in [2.75, 3.05) is 0 Å². The maximum atomic E-state index is 6.55. The minimum atomic E-state index is -2.01. The molecule has 2 atom stereocenters. The standard InChI is InChI=1S/C18H34ClIO2Si2/c1-12-14(21-23(8,9)17(2,3)4)15(13-16(19)20)22-24(10,11)18(5,6)7/h1,13-15H,2-11H3/b16-13-/t14-,15-/m1/s1. The molecule has 0 saturated heterocycles. The molecular formula is C18H34ClIO2Si2. The predicted octanol–water partition coefficient (Wildman–Crippen LogP) is 6.92. The second-order valence-corrected chi connectivity index (χ2v) is 21.0. The van der Waals surface area contributed by atoms with E-state index in [2.05, 4.69) is 96.2 Å². The van der Waals surface area contributed by atoms with Crippen molar-refractivity contribution in [3.63, 3.8) is 0 Å². The molecule has 0 aliphatic rings. The molecule has 0 aliphatic heterocycles. The Kier molecular flexibility index (Phi) is 8.82. The lowest BCUT2D eigenvalue weighted by atomic mass is 10.2. The van der Waals surface area contributed by atoms with Gasteiger partial charge in [-0.3, -0.25) is 0 Å². The van der Waals surface area contributed by atoms with Gasteiger partial charge in [-0.2, -0.15) is 0 Å². The van der Waals surface area contributed by atoms with Crippen molar-refractivity contribution in [3.05, 3.63) is 9.12 Å². The zero-order valence-electron chi connectivity index (χ0n) is 16.9. The molecule has 2 nitrogen and oxygen atoms in total. The third-order valence-corrected chi connectivity index (χ3v) is 14.6. The molecular weight excluding hydrogens is 467 g/mol. The fourth-order valence-corrected chi connectivity index (χ4v) is 4.41.